The van der Waals surface area contributed by atoms with E-state index in [1.807, 2.05) is 4.90 Å². The van der Waals surface area contributed by atoms with Gasteiger partial charge in [-0.1, -0.05) is 11.8 Å². The van der Waals surface area contributed by atoms with Crippen LogP contribution in [0.2, 0.25) is 0 Å². The molecule has 1 saturated heterocycles. The van der Waals surface area contributed by atoms with Crippen molar-refractivity contribution in [3.63, 3.8) is 0 Å². The molecule has 3 fully saturated rings. The molecule has 1 aliphatic heterocycles. The number of piperidine rings is 1. The van der Waals surface area contributed by atoms with E-state index in [1.54, 1.807) is 13.0 Å². The van der Waals surface area contributed by atoms with Crippen molar-refractivity contribution in [1.29, 1.82) is 0 Å². The van der Waals surface area contributed by atoms with Gasteiger partial charge < -0.3 is 14.4 Å². The summed E-state index contributed by atoms with van der Waals surface area (Å²) in [6, 6.07) is 3.21. The number of hydrogen-bond donors (Lipinski definition) is 0. The minimum Gasteiger partial charge on any atom is -0.489 e. The van der Waals surface area contributed by atoms with Crippen LogP contribution in [0.3, 0.4) is 0 Å². The molecular formula is C22H32N2O5S2. The number of thioether (sulfide) groups is 1. The van der Waals surface area contributed by atoms with E-state index in [-0.39, 0.29) is 28.6 Å². The SMILES string of the molecule is Cc1nc(S(C)(=O)=O)ccc1O[C@H]1CC[C@H](OC2CCN(C(=O)SC3CC3)CC2)CC1. The molecule has 0 spiro atoms. The highest BCUT2D eigenvalue weighted by molar-refractivity contribution is 8.14. The molecule has 2 heterocycles. The van der Waals surface area contributed by atoms with Crippen molar-refractivity contribution in [3.8, 4) is 5.75 Å². The molecule has 31 heavy (non-hydrogen) atoms. The Morgan fingerprint density at radius 2 is 1.61 bits per heavy atom. The summed E-state index contributed by atoms with van der Waals surface area (Å²) in [5, 5.41) is 0.886. The average Bonchev–Trinajstić information content (AvgIpc) is 3.54. The molecule has 2 saturated carbocycles. The van der Waals surface area contributed by atoms with Crippen LogP contribution in [0.15, 0.2) is 17.2 Å². The van der Waals surface area contributed by atoms with E-state index >= 15 is 0 Å². The summed E-state index contributed by atoms with van der Waals surface area (Å²) in [6.45, 7) is 3.38. The molecule has 4 rings (SSSR count). The molecule has 0 N–H and O–H groups in total. The predicted molar refractivity (Wildman–Crippen MR) is 120 cm³/mol. The zero-order valence-corrected chi connectivity index (χ0v) is 19.9. The van der Waals surface area contributed by atoms with E-state index in [0.717, 1.165) is 57.9 Å². The molecule has 172 valence electrons. The zero-order valence-electron chi connectivity index (χ0n) is 18.3. The quantitative estimate of drug-likeness (QED) is 0.624. The number of hydrogen-bond acceptors (Lipinski definition) is 7. The summed E-state index contributed by atoms with van der Waals surface area (Å²) in [7, 11) is -3.31. The van der Waals surface area contributed by atoms with Crippen LogP contribution in [-0.4, -0.2) is 66.4 Å². The maximum atomic E-state index is 12.2. The van der Waals surface area contributed by atoms with Crippen LogP contribution in [-0.2, 0) is 14.6 Å². The first kappa shape index (κ1) is 22.9. The first-order valence-electron chi connectivity index (χ1n) is 11.2. The molecule has 1 aromatic rings. The average molecular weight is 469 g/mol. The number of sulfone groups is 1. The van der Waals surface area contributed by atoms with Gasteiger partial charge in [0.15, 0.2) is 14.9 Å². The third-order valence-electron chi connectivity index (χ3n) is 6.18. The third-order valence-corrected chi connectivity index (χ3v) is 8.44. The molecule has 7 nitrogen and oxygen atoms in total. The van der Waals surface area contributed by atoms with E-state index in [0.29, 0.717) is 16.7 Å². The van der Waals surface area contributed by atoms with Gasteiger partial charge in [0, 0.05) is 24.6 Å². The van der Waals surface area contributed by atoms with Crippen molar-refractivity contribution < 1.29 is 22.7 Å². The molecule has 2 aliphatic carbocycles. The number of amides is 1. The summed E-state index contributed by atoms with van der Waals surface area (Å²) in [5.41, 5.74) is 0.599. The number of ether oxygens (including phenoxy) is 2. The molecule has 0 atom stereocenters. The summed E-state index contributed by atoms with van der Waals surface area (Å²) in [4.78, 5) is 18.4. The van der Waals surface area contributed by atoms with Crippen LogP contribution in [0, 0.1) is 6.92 Å². The molecule has 0 unspecified atom stereocenters. The lowest BCUT2D eigenvalue weighted by Crippen LogP contribution is -2.41. The van der Waals surface area contributed by atoms with Crippen molar-refractivity contribution in [3.05, 3.63) is 17.8 Å². The Bertz CT molecular complexity index is 887. The second-order valence-electron chi connectivity index (χ2n) is 8.93. The summed E-state index contributed by atoms with van der Waals surface area (Å²) >= 11 is 1.51. The number of nitrogens with zero attached hydrogens (tertiary/aromatic N) is 2. The lowest BCUT2D eigenvalue weighted by molar-refractivity contribution is -0.0621. The van der Waals surface area contributed by atoms with Gasteiger partial charge in [-0.3, -0.25) is 4.79 Å². The highest BCUT2D eigenvalue weighted by atomic mass is 32.2. The Morgan fingerprint density at radius 1 is 1.00 bits per heavy atom. The van der Waals surface area contributed by atoms with Crippen LogP contribution in [0.25, 0.3) is 0 Å². The Labute approximate surface area is 189 Å². The van der Waals surface area contributed by atoms with Crippen molar-refractivity contribution in [1.82, 2.24) is 9.88 Å². The molecule has 1 aromatic heterocycles. The number of carbonyl (C=O) groups is 1. The van der Waals surface area contributed by atoms with E-state index in [9.17, 15) is 13.2 Å². The smallest absolute Gasteiger partial charge is 0.281 e. The van der Waals surface area contributed by atoms with Gasteiger partial charge in [0.25, 0.3) is 5.24 Å². The highest BCUT2D eigenvalue weighted by Crippen LogP contribution is 2.36. The van der Waals surface area contributed by atoms with Gasteiger partial charge in [-0.25, -0.2) is 13.4 Å². The number of aromatic nitrogens is 1. The van der Waals surface area contributed by atoms with Gasteiger partial charge in [0.05, 0.1) is 24.0 Å². The van der Waals surface area contributed by atoms with Gasteiger partial charge >= 0.3 is 0 Å². The van der Waals surface area contributed by atoms with Crippen LogP contribution in [0.1, 0.15) is 57.1 Å². The van der Waals surface area contributed by atoms with Gasteiger partial charge in [0.1, 0.15) is 5.75 Å². The highest BCUT2D eigenvalue weighted by Gasteiger charge is 2.32. The van der Waals surface area contributed by atoms with Crippen molar-refractivity contribution >= 4 is 26.8 Å². The van der Waals surface area contributed by atoms with Crippen molar-refractivity contribution in [2.24, 2.45) is 0 Å². The van der Waals surface area contributed by atoms with E-state index in [2.05, 4.69) is 4.98 Å². The molecule has 1 amide bonds. The number of rotatable bonds is 6. The Morgan fingerprint density at radius 3 is 2.19 bits per heavy atom. The Hall–Kier alpha value is -1.32. The number of likely N-dealkylation sites (tertiary alicyclic amines) is 1. The maximum absolute atomic E-state index is 12.2. The van der Waals surface area contributed by atoms with Crippen LogP contribution >= 0.6 is 11.8 Å². The van der Waals surface area contributed by atoms with E-state index < -0.39 is 9.84 Å². The normalized spacial score (nSPS) is 25.4. The number of pyridine rings is 1. The fraction of sp³-hybridized carbons (Fsp3) is 0.727. The number of aryl methyl sites for hydroxylation is 1. The van der Waals surface area contributed by atoms with Crippen LogP contribution < -0.4 is 4.74 Å². The summed E-state index contributed by atoms with van der Waals surface area (Å²) in [6.07, 6.45) is 9.69. The maximum Gasteiger partial charge on any atom is 0.281 e. The molecule has 9 heteroatoms. The monoisotopic (exact) mass is 468 g/mol. The van der Waals surface area contributed by atoms with Gasteiger partial charge in [-0.15, -0.1) is 0 Å². The third kappa shape index (κ3) is 6.35. The fourth-order valence-corrected chi connectivity index (χ4v) is 5.78. The van der Waals surface area contributed by atoms with E-state index in [1.165, 1.54) is 30.7 Å². The van der Waals surface area contributed by atoms with Gasteiger partial charge in [0.2, 0.25) is 0 Å². The van der Waals surface area contributed by atoms with Crippen molar-refractivity contribution in [2.45, 2.75) is 86.9 Å². The van der Waals surface area contributed by atoms with Crippen molar-refractivity contribution in [2.75, 3.05) is 19.3 Å². The lowest BCUT2D eigenvalue weighted by atomic mass is 9.94. The first-order chi connectivity index (χ1) is 14.8. The molecule has 0 radical (unpaired) electrons. The molecular weight excluding hydrogens is 436 g/mol. The van der Waals surface area contributed by atoms with E-state index in [4.69, 9.17) is 9.47 Å². The second kappa shape index (κ2) is 9.67. The topological polar surface area (TPSA) is 85.8 Å². The number of carbonyl (C=O) groups excluding carboxylic acids is 1. The Kier molecular flexibility index (Phi) is 7.13. The summed E-state index contributed by atoms with van der Waals surface area (Å²) in [5.74, 6) is 0.651. The minimum atomic E-state index is -3.31. The first-order valence-corrected chi connectivity index (χ1v) is 14.0. The zero-order chi connectivity index (χ0) is 22.0. The predicted octanol–water partition coefficient (Wildman–Crippen LogP) is 3.98. The van der Waals surface area contributed by atoms with Crippen LogP contribution in [0.4, 0.5) is 4.79 Å². The Balaban J connectivity index is 1.19. The molecule has 0 aromatic carbocycles. The van der Waals surface area contributed by atoms with Crippen LogP contribution in [0.5, 0.6) is 5.75 Å². The fourth-order valence-electron chi connectivity index (χ4n) is 4.17. The standard InChI is InChI=1S/C22H32N2O5S2/c1-15-20(9-10-21(23-15)31(2,26)27)29-17-5-3-16(4-6-17)28-18-11-13-24(14-12-18)22(25)30-19-7-8-19/h9-10,16-19H,3-8,11-14H2,1-2H3/t16-,17-. The van der Waals surface area contributed by atoms with Gasteiger partial charge in [-0.2, -0.15) is 0 Å². The lowest BCUT2D eigenvalue weighted by Gasteiger charge is -2.36. The molecule has 3 aliphatic rings. The minimum absolute atomic E-state index is 0.0772. The second-order valence-corrected chi connectivity index (χ2v) is 12.1. The molecule has 0 bridgehead atoms. The largest absolute Gasteiger partial charge is 0.489 e. The summed E-state index contributed by atoms with van der Waals surface area (Å²) < 4.78 is 35.7. The van der Waals surface area contributed by atoms with Gasteiger partial charge in [-0.05, 0) is 70.4 Å².